The van der Waals surface area contributed by atoms with Crippen LogP contribution in [0, 0.1) is 12.7 Å². The molecule has 5 nitrogen and oxygen atoms in total. The second-order valence-corrected chi connectivity index (χ2v) is 6.56. The maximum atomic E-state index is 13.9. The van der Waals surface area contributed by atoms with E-state index < -0.39 is 11.7 Å². The zero-order valence-electron chi connectivity index (χ0n) is 15.2. The summed E-state index contributed by atoms with van der Waals surface area (Å²) in [5, 5.41) is 8.98. The van der Waals surface area contributed by atoms with Crippen LogP contribution in [0.25, 0.3) is 21.9 Å². The van der Waals surface area contributed by atoms with Crippen LogP contribution in [-0.2, 0) is 6.54 Å². The largest absolute Gasteiger partial charge is 0.304 e. The molecular formula is C21H19FN4O. The van der Waals surface area contributed by atoms with Crippen LogP contribution >= 0.6 is 0 Å². The summed E-state index contributed by atoms with van der Waals surface area (Å²) in [6.45, 7) is 4.75. The fourth-order valence-corrected chi connectivity index (χ4v) is 3.16. The van der Waals surface area contributed by atoms with Crippen LogP contribution in [0.5, 0.6) is 0 Å². The van der Waals surface area contributed by atoms with Gasteiger partial charge in [-0.2, -0.15) is 5.10 Å². The van der Waals surface area contributed by atoms with E-state index in [4.69, 9.17) is 4.98 Å². The highest BCUT2D eigenvalue weighted by molar-refractivity contribution is 6.09. The Hall–Kier alpha value is -3.28. The van der Waals surface area contributed by atoms with E-state index in [1.165, 1.54) is 12.1 Å². The molecule has 4 aromatic rings. The SMILES string of the molecule is CCCn1nc(NC(=O)c2ccccc2F)c2cc3cc(C)ccc3nc21. The van der Waals surface area contributed by atoms with Gasteiger partial charge in [0.1, 0.15) is 5.82 Å². The Morgan fingerprint density at radius 3 is 2.78 bits per heavy atom. The van der Waals surface area contributed by atoms with Gasteiger partial charge < -0.3 is 5.32 Å². The number of rotatable bonds is 4. The summed E-state index contributed by atoms with van der Waals surface area (Å²) in [6, 6.07) is 13.9. The third kappa shape index (κ3) is 3.14. The predicted octanol–water partition coefficient (Wildman–Crippen LogP) is 4.69. The summed E-state index contributed by atoms with van der Waals surface area (Å²) < 4.78 is 15.7. The van der Waals surface area contributed by atoms with Gasteiger partial charge in [-0.3, -0.25) is 4.79 Å². The first-order valence-electron chi connectivity index (χ1n) is 8.90. The molecule has 27 heavy (non-hydrogen) atoms. The number of anilines is 1. The third-order valence-electron chi connectivity index (χ3n) is 4.46. The van der Waals surface area contributed by atoms with Gasteiger partial charge in [0.25, 0.3) is 5.91 Å². The van der Waals surface area contributed by atoms with Gasteiger partial charge in [-0.1, -0.05) is 30.7 Å². The maximum Gasteiger partial charge on any atom is 0.259 e. The second-order valence-electron chi connectivity index (χ2n) is 6.56. The van der Waals surface area contributed by atoms with Gasteiger partial charge >= 0.3 is 0 Å². The van der Waals surface area contributed by atoms with E-state index in [1.807, 2.05) is 31.2 Å². The molecule has 0 saturated heterocycles. The zero-order valence-corrected chi connectivity index (χ0v) is 15.2. The highest BCUT2D eigenvalue weighted by Crippen LogP contribution is 2.27. The van der Waals surface area contributed by atoms with Gasteiger partial charge in [0.2, 0.25) is 0 Å². The normalized spacial score (nSPS) is 11.2. The van der Waals surface area contributed by atoms with E-state index in [1.54, 1.807) is 16.8 Å². The molecule has 2 heterocycles. The van der Waals surface area contributed by atoms with Crippen molar-refractivity contribution >= 4 is 33.7 Å². The lowest BCUT2D eigenvalue weighted by molar-refractivity contribution is 0.102. The number of fused-ring (bicyclic) bond motifs is 2. The lowest BCUT2D eigenvalue weighted by atomic mass is 10.1. The van der Waals surface area contributed by atoms with Crippen LogP contribution in [0.4, 0.5) is 10.2 Å². The van der Waals surface area contributed by atoms with Crippen LogP contribution in [-0.4, -0.2) is 20.7 Å². The number of halogens is 1. The highest BCUT2D eigenvalue weighted by Gasteiger charge is 2.17. The standard InChI is InChI=1S/C21H19FN4O/c1-3-10-26-20-16(12-14-11-13(2)8-9-18(14)23-20)19(25-26)24-21(27)15-6-4-5-7-17(15)22/h4-9,11-12H,3,10H2,1-2H3,(H,24,25,27). The summed E-state index contributed by atoms with van der Waals surface area (Å²) >= 11 is 0. The van der Waals surface area contributed by atoms with Crippen molar-refractivity contribution in [3.8, 4) is 0 Å². The van der Waals surface area contributed by atoms with Crippen molar-refractivity contribution in [1.82, 2.24) is 14.8 Å². The lowest BCUT2D eigenvalue weighted by Crippen LogP contribution is -2.14. The number of carbonyl (C=O) groups is 1. The van der Waals surface area contributed by atoms with Crippen molar-refractivity contribution < 1.29 is 9.18 Å². The molecule has 0 aliphatic heterocycles. The molecule has 4 rings (SSSR count). The van der Waals surface area contributed by atoms with Crippen LogP contribution in [0.2, 0.25) is 0 Å². The Balaban J connectivity index is 1.84. The highest BCUT2D eigenvalue weighted by atomic mass is 19.1. The molecule has 2 aromatic carbocycles. The number of aryl methyl sites for hydroxylation is 2. The molecule has 0 aliphatic rings. The quantitative estimate of drug-likeness (QED) is 0.573. The molecule has 0 aliphatic carbocycles. The molecule has 1 amide bonds. The average Bonchev–Trinajstić information content (AvgIpc) is 2.97. The molecule has 0 radical (unpaired) electrons. The second kappa shape index (κ2) is 6.79. The molecule has 0 spiro atoms. The molecule has 0 atom stereocenters. The Labute approximate surface area is 155 Å². The summed E-state index contributed by atoms with van der Waals surface area (Å²) in [5.74, 6) is -0.699. The fraction of sp³-hybridized carbons (Fsp3) is 0.190. The molecule has 1 N–H and O–H groups in total. The summed E-state index contributed by atoms with van der Waals surface area (Å²) in [5.41, 5.74) is 2.69. The van der Waals surface area contributed by atoms with Gasteiger partial charge in [0.15, 0.2) is 11.5 Å². The predicted molar refractivity (Wildman–Crippen MR) is 104 cm³/mol. The smallest absolute Gasteiger partial charge is 0.259 e. The van der Waals surface area contributed by atoms with E-state index >= 15 is 0 Å². The van der Waals surface area contributed by atoms with Gasteiger partial charge in [-0.25, -0.2) is 14.1 Å². The van der Waals surface area contributed by atoms with E-state index in [2.05, 4.69) is 17.3 Å². The van der Waals surface area contributed by atoms with E-state index in [9.17, 15) is 9.18 Å². The minimum absolute atomic E-state index is 0.0136. The molecule has 0 fully saturated rings. The zero-order chi connectivity index (χ0) is 19.0. The number of nitrogens with one attached hydrogen (secondary N) is 1. The molecule has 0 bridgehead atoms. The molecule has 6 heteroatoms. The summed E-state index contributed by atoms with van der Waals surface area (Å²) in [4.78, 5) is 17.3. The van der Waals surface area contributed by atoms with Crippen molar-refractivity contribution in [1.29, 1.82) is 0 Å². The first-order chi connectivity index (χ1) is 13.1. The number of hydrogen-bond donors (Lipinski definition) is 1. The number of nitrogens with zero attached hydrogens (tertiary/aromatic N) is 3. The Morgan fingerprint density at radius 1 is 1.19 bits per heavy atom. The summed E-state index contributed by atoms with van der Waals surface area (Å²) in [6.07, 6.45) is 0.880. The van der Waals surface area contributed by atoms with Crippen molar-refractivity contribution in [3.63, 3.8) is 0 Å². The van der Waals surface area contributed by atoms with Gasteiger partial charge in [-0.15, -0.1) is 0 Å². The topological polar surface area (TPSA) is 59.8 Å². The van der Waals surface area contributed by atoms with Crippen LogP contribution in [0.15, 0.2) is 48.5 Å². The number of carbonyl (C=O) groups excluding carboxylic acids is 1. The van der Waals surface area contributed by atoms with Gasteiger partial charge in [0.05, 0.1) is 16.5 Å². The van der Waals surface area contributed by atoms with E-state index in [0.29, 0.717) is 18.0 Å². The Morgan fingerprint density at radius 2 is 2.00 bits per heavy atom. The van der Waals surface area contributed by atoms with Crippen LogP contribution in [0.3, 0.4) is 0 Å². The van der Waals surface area contributed by atoms with Crippen molar-refractivity contribution in [2.75, 3.05) is 5.32 Å². The van der Waals surface area contributed by atoms with Gasteiger partial charge in [-0.05, 0) is 43.7 Å². The number of amides is 1. The number of pyridine rings is 1. The third-order valence-corrected chi connectivity index (χ3v) is 4.46. The van der Waals surface area contributed by atoms with E-state index in [0.717, 1.165) is 28.3 Å². The molecule has 0 unspecified atom stereocenters. The molecule has 0 saturated carbocycles. The summed E-state index contributed by atoms with van der Waals surface area (Å²) in [7, 11) is 0. The minimum Gasteiger partial charge on any atom is -0.304 e. The number of benzene rings is 2. The number of hydrogen-bond acceptors (Lipinski definition) is 3. The minimum atomic E-state index is -0.563. The first kappa shape index (κ1) is 17.1. The van der Waals surface area contributed by atoms with Crippen LogP contribution in [0.1, 0.15) is 29.3 Å². The lowest BCUT2D eigenvalue weighted by Gasteiger charge is -2.04. The van der Waals surface area contributed by atoms with E-state index in [-0.39, 0.29) is 5.56 Å². The van der Waals surface area contributed by atoms with Crippen molar-refractivity contribution in [2.24, 2.45) is 0 Å². The number of aromatic nitrogens is 3. The van der Waals surface area contributed by atoms with Gasteiger partial charge in [0, 0.05) is 11.9 Å². The molecular weight excluding hydrogens is 343 g/mol. The van der Waals surface area contributed by atoms with Crippen molar-refractivity contribution in [3.05, 3.63) is 65.5 Å². The van der Waals surface area contributed by atoms with Crippen LogP contribution < -0.4 is 5.32 Å². The average molecular weight is 362 g/mol. The van der Waals surface area contributed by atoms with Crippen molar-refractivity contribution in [2.45, 2.75) is 26.8 Å². The molecule has 136 valence electrons. The monoisotopic (exact) mass is 362 g/mol. The Kier molecular flexibility index (Phi) is 4.32. The Bertz CT molecular complexity index is 1170. The fourth-order valence-electron chi connectivity index (χ4n) is 3.16. The molecule has 2 aromatic heterocycles. The first-order valence-corrected chi connectivity index (χ1v) is 8.90. The maximum absolute atomic E-state index is 13.9.